The molecule has 0 N–H and O–H groups in total. The minimum absolute atomic E-state index is 0.286. The van der Waals surface area contributed by atoms with E-state index in [4.69, 9.17) is 23.2 Å². The van der Waals surface area contributed by atoms with E-state index in [0.717, 1.165) is 13.8 Å². The highest BCUT2D eigenvalue weighted by atomic mass is 127. The first kappa shape index (κ1) is 17.7. The molecule has 0 fully saturated rings. The van der Waals surface area contributed by atoms with Crippen LogP contribution in [0.5, 0.6) is 0 Å². The Kier molecular flexibility index (Phi) is 5.44. The summed E-state index contributed by atoms with van der Waals surface area (Å²) in [5.74, 6) is -0.286. The number of halogens is 3. The van der Waals surface area contributed by atoms with Crippen LogP contribution >= 0.6 is 57.1 Å². The molecule has 2 aromatic carbocycles. The van der Waals surface area contributed by atoms with Crippen LogP contribution in [0.1, 0.15) is 10.4 Å². The highest BCUT2D eigenvalue weighted by Crippen LogP contribution is 2.29. The summed E-state index contributed by atoms with van der Waals surface area (Å²) in [6, 6.07) is 10.9. The number of hydrogen-bond acceptors (Lipinski definition) is 2. The molecule has 3 aromatic rings. The van der Waals surface area contributed by atoms with E-state index in [-0.39, 0.29) is 5.91 Å². The predicted octanol–water partition coefficient (Wildman–Crippen LogP) is 5.54. The number of benzene rings is 2. The van der Waals surface area contributed by atoms with Crippen molar-refractivity contribution < 1.29 is 4.79 Å². The number of carbonyl (C=O) groups excluding carboxylic acids is 1. The van der Waals surface area contributed by atoms with E-state index in [9.17, 15) is 4.79 Å². The molecule has 1 aromatic heterocycles. The van der Waals surface area contributed by atoms with E-state index < -0.39 is 0 Å². The molecule has 3 nitrogen and oxygen atoms in total. The summed E-state index contributed by atoms with van der Waals surface area (Å²) in [4.78, 5) is 17.4. The Morgan fingerprint density at radius 3 is 2.79 bits per heavy atom. The number of fused-ring (bicyclic) bond motifs is 1. The smallest absolute Gasteiger partial charge is 0.280 e. The van der Waals surface area contributed by atoms with Crippen LogP contribution in [0.15, 0.2) is 54.0 Å². The first-order valence-corrected chi connectivity index (χ1v) is 9.59. The van der Waals surface area contributed by atoms with Crippen molar-refractivity contribution in [2.24, 2.45) is 4.99 Å². The summed E-state index contributed by atoms with van der Waals surface area (Å²) in [5.41, 5.74) is 1.38. The highest BCUT2D eigenvalue weighted by molar-refractivity contribution is 14.1. The SMILES string of the molecule is C=CCn1c(=NC(=O)c2ccccc2I)sc2cc(Cl)cc(Cl)c21. The number of amides is 1. The van der Waals surface area contributed by atoms with Gasteiger partial charge in [-0.25, -0.2) is 0 Å². The molecule has 1 heterocycles. The average Bonchev–Trinajstić information content (AvgIpc) is 2.85. The van der Waals surface area contributed by atoms with Gasteiger partial charge < -0.3 is 4.57 Å². The van der Waals surface area contributed by atoms with Crippen LogP contribution in [0.25, 0.3) is 10.2 Å². The molecule has 1 amide bonds. The second kappa shape index (κ2) is 7.39. The number of nitrogens with zero attached hydrogens (tertiary/aromatic N) is 2. The Hall–Kier alpha value is -1.15. The van der Waals surface area contributed by atoms with Gasteiger partial charge >= 0.3 is 0 Å². The number of thiazole rings is 1. The summed E-state index contributed by atoms with van der Waals surface area (Å²) in [7, 11) is 0. The van der Waals surface area contributed by atoms with E-state index in [1.165, 1.54) is 11.3 Å². The fourth-order valence-electron chi connectivity index (χ4n) is 2.29. The molecule has 0 atom stereocenters. The van der Waals surface area contributed by atoms with Crippen LogP contribution < -0.4 is 4.80 Å². The summed E-state index contributed by atoms with van der Waals surface area (Å²) in [5, 5.41) is 1.08. The van der Waals surface area contributed by atoms with E-state index >= 15 is 0 Å². The summed E-state index contributed by atoms with van der Waals surface area (Å²) >= 11 is 15.9. The minimum Gasteiger partial charge on any atom is -0.311 e. The van der Waals surface area contributed by atoms with Gasteiger partial charge in [0, 0.05) is 15.1 Å². The maximum atomic E-state index is 12.6. The Bertz CT molecular complexity index is 1020. The van der Waals surface area contributed by atoms with Gasteiger partial charge in [0.1, 0.15) is 0 Å². The fraction of sp³-hybridized carbons (Fsp3) is 0.0588. The maximum Gasteiger partial charge on any atom is 0.280 e. The van der Waals surface area contributed by atoms with Crippen LogP contribution in [0, 0.1) is 3.57 Å². The lowest BCUT2D eigenvalue weighted by Crippen LogP contribution is -2.16. The largest absolute Gasteiger partial charge is 0.311 e. The third-order valence-electron chi connectivity index (χ3n) is 3.31. The first-order valence-electron chi connectivity index (χ1n) is 6.94. The molecule has 0 saturated carbocycles. The standard InChI is InChI=1S/C17H11Cl2IN2OS/c1-2-7-22-15-12(19)8-10(18)9-14(15)24-17(22)21-16(23)11-5-3-4-6-13(11)20/h2-6,8-9H,1,7H2. The van der Waals surface area contributed by atoms with Gasteiger partial charge in [0.15, 0.2) is 4.80 Å². The van der Waals surface area contributed by atoms with Crippen molar-refractivity contribution in [3.05, 3.63) is 73.0 Å². The summed E-state index contributed by atoms with van der Waals surface area (Å²) < 4.78 is 3.62. The summed E-state index contributed by atoms with van der Waals surface area (Å²) in [6.07, 6.45) is 1.74. The van der Waals surface area contributed by atoms with Crippen LogP contribution in [0.2, 0.25) is 10.0 Å². The molecular weight excluding hydrogens is 478 g/mol. The Morgan fingerprint density at radius 2 is 2.08 bits per heavy atom. The first-order chi connectivity index (χ1) is 11.5. The number of hydrogen-bond donors (Lipinski definition) is 0. The molecule has 122 valence electrons. The molecule has 0 saturated heterocycles. The van der Waals surface area contributed by atoms with E-state index in [0.29, 0.717) is 27.0 Å². The lowest BCUT2D eigenvalue weighted by molar-refractivity contribution is 0.0997. The van der Waals surface area contributed by atoms with Crippen LogP contribution in [-0.4, -0.2) is 10.5 Å². The van der Waals surface area contributed by atoms with Gasteiger partial charge in [0.2, 0.25) is 0 Å². The van der Waals surface area contributed by atoms with Gasteiger partial charge in [-0.2, -0.15) is 4.99 Å². The van der Waals surface area contributed by atoms with Crippen molar-refractivity contribution in [3.63, 3.8) is 0 Å². The van der Waals surface area contributed by atoms with Gasteiger partial charge in [-0.15, -0.1) is 6.58 Å². The van der Waals surface area contributed by atoms with Crippen molar-refractivity contribution >= 4 is 73.3 Å². The van der Waals surface area contributed by atoms with E-state index in [1.54, 1.807) is 18.2 Å². The molecule has 0 aliphatic heterocycles. The number of allylic oxidation sites excluding steroid dienone is 1. The van der Waals surface area contributed by atoms with Crippen LogP contribution in [-0.2, 0) is 6.54 Å². The van der Waals surface area contributed by atoms with Gasteiger partial charge in [-0.3, -0.25) is 4.79 Å². The molecule has 0 radical (unpaired) electrons. The van der Waals surface area contributed by atoms with E-state index in [2.05, 4.69) is 34.2 Å². The van der Waals surface area contributed by atoms with Crippen molar-refractivity contribution in [3.8, 4) is 0 Å². The normalized spacial score (nSPS) is 11.9. The maximum absolute atomic E-state index is 12.6. The monoisotopic (exact) mass is 488 g/mol. The third-order valence-corrected chi connectivity index (χ3v) is 5.78. The molecule has 0 unspecified atom stereocenters. The van der Waals surface area contributed by atoms with Crippen molar-refractivity contribution in [1.82, 2.24) is 4.57 Å². The molecule has 24 heavy (non-hydrogen) atoms. The average molecular weight is 489 g/mol. The zero-order valence-electron chi connectivity index (χ0n) is 12.3. The number of aromatic nitrogens is 1. The molecule has 7 heteroatoms. The predicted molar refractivity (Wildman–Crippen MR) is 109 cm³/mol. The fourth-order valence-corrected chi connectivity index (χ4v) is 4.73. The molecule has 0 aliphatic carbocycles. The topological polar surface area (TPSA) is 34.4 Å². The third kappa shape index (κ3) is 3.44. The highest BCUT2D eigenvalue weighted by Gasteiger charge is 2.13. The van der Waals surface area contributed by atoms with Gasteiger partial charge in [0.25, 0.3) is 5.91 Å². The zero-order chi connectivity index (χ0) is 17.3. The number of rotatable bonds is 3. The second-order valence-electron chi connectivity index (χ2n) is 4.92. The minimum atomic E-state index is -0.286. The van der Waals surface area contributed by atoms with Crippen molar-refractivity contribution in [2.75, 3.05) is 0 Å². The molecule has 0 aliphatic rings. The van der Waals surface area contributed by atoms with Crippen LogP contribution in [0.4, 0.5) is 0 Å². The summed E-state index contributed by atoms with van der Waals surface area (Å²) in [6.45, 7) is 4.27. The lowest BCUT2D eigenvalue weighted by Gasteiger charge is -2.03. The molecule has 0 spiro atoms. The zero-order valence-corrected chi connectivity index (χ0v) is 16.8. The van der Waals surface area contributed by atoms with Gasteiger partial charge in [0.05, 0.1) is 20.8 Å². The van der Waals surface area contributed by atoms with Crippen molar-refractivity contribution in [2.45, 2.75) is 6.54 Å². The van der Waals surface area contributed by atoms with Crippen molar-refractivity contribution in [1.29, 1.82) is 0 Å². The Morgan fingerprint density at radius 1 is 1.33 bits per heavy atom. The van der Waals surface area contributed by atoms with Crippen LogP contribution in [0.3, 0.4) is 0 Å². The Labute approximate surface area is 166 Å². The van der Waals surface area contributed by atoms with Gasteiger partial charge in [-0.1, -0.05) is 52.7 Å². The quantitative estimate of drug-likeness (QED) is 0.352. The lowest BCUT2D eigenvalue weighted by atomic mass is 10.2. The molecular formula is C17H11Cl2IN2OS. The molecule has 0 bridgehead atoms. The van der Waals surface area contributed by atoms with E-state index in [1.807, 2.05) is 28.8 Å². The van der Waals surface area contributed by atoms with Gasteiger partial charge in [-0.05, 0) is 46.9 Å². The molecule has 3 rings (SSSR count). The Balaban J connectivity index is 2.23. The number of carbonyl (C=O) groups is 1. The second-order valence-corrected chi connectivity index (χ2v) is 7.93.